The standard InChI is InChI=1S/C17H22N2O2/c1-20-15-10-13(18)16-12(17(15)21-2)8-9-14(19-16)11-6-4-3-5-7-11/h8-11H,3-7,18H2,1-2H3. The fourth-order valence-corrected chi connectivity index (χ4v) is 3.27. The molecule has 1 aliphatic rings. The fourth-order valence-electron chi connectivity index (χ4n) is 3.27. The lowest BCUT2D eigenvalue weighted by molar-refractivity contribution is 0.358. The van der Waals surface area contributed by atoms with Crippen LogP contribution in [0.25, 0.3) is 10.9 Å². The van der Waals surface area contributed by atoms with Gasteiger partial charge in [0.1, 0.15) is 0 Å². The zero-order valence-corrected chi connectivity index (χ0v) is 12.7. The summed E-state index contributed by atoms with van der Waals surface area (Å²) in [5.74, 6) is 1.91. The van der Waals surface area contributed by atoms with Gasteiger partial charge in [0.15, 0.2) is 11.5 Å². The summed E-state index contributed by atoms with van der Waals surface area (Å²) in [4.78, 5) is 4.82. The highest BCUT2D eigenvalue weighted by Gasteiger charge is 2.19. The number of ether oxygens (including phenoxy) is 2. The van der Waals surface area contributed by atoms with Crippen LogP contribution in [0.15, 0.2) is 18.2 Å². The summed E-state index contributed by atoms with van der Waals surface area (Å²) < 4.78 is 10.8. The van der Waals surface area contributed by atoms with Gasteiger partial charge < -0.3 is 15.2 Å². The molecule has 1 saturated carbocycles. The number of hydrogen-bond acceptors (Lipinski definition) is 4. The van der Waals surface area contributed by atoms with Gasteiger partial charge in [0.05, 0.1) is 25.4 Å². The van der Waals surface area contributed by atoms with Crippen LogP contribution in [-0.4, -0.2) is 19.2 Å². The number of aromatic nitrogens is 1. The van der Waals surface area contributed by atoms with Crippen molar-refractivity contribution in [3.05, 3.63) is 23.9 Å². The van der Waals surface area contributed by atoms with Crippen LogP contribution >= 0.6 is 0 Å². The molecule has 3 rings (SSSR count). The van der Waals surface area contributed by atoms with E-state index in [1.807, 2.05) is 0 Å². The second-order valence-electron chi connectivity index (χ2n) is 5.67. The third kappa shape index (κ3) is 2.50. The average molecular weight is 286 g/mol. The minimum atomic E-state index is 0.565. The van der Waals surface area contributed by atoms with E-state index in [1.54, 1.807) is 20.3 Å². The van der Waals surface area contributed by atoms with Crippen LogP contribution in [0.3, 0.4) is 0 Å². The molecule has 21 heavy (non-hydrogen) atoms. The highest BCUT2D eigenvalue weighted by Crippen LogP contribution is 2.40. The predicted octanol–water partition coefficient (Wildman–Crippen LogP) is 3.88. The number of anilines is 1. The molecule has 0 aliphatic heterocycles. The normalized spacial score (nSPS) is 16.1. The second kappa shape index (κ2) is 5.80. The Labute approximate surface area is 125 Å². The van der Waals surface area contributed by atoms with E-state index in [9.17, 15) is 0 Å². The molecular formula is C17H22N2O2. The van der Waals surface area contributed by atoms with Crippen molar-refractivity contribution < 1.29 is 9.47 Å². The summed E-state index contributed by atoms with van der Waals surface area (Å²) in [5.41, 5.74) is 8.77. The van der Waals surface area contributed by atoms with Crippen molar-refractivity contribution in [3.8, 4) is 11.5 Å². The SMILES string of the molecule is COc1cc(N)c2nc(C3CCCCC3)ccc2c1OC. The molecule has 0 saturated heterocycles. The minimum absolute atomic E-state index is 0.565. The summed E-state index contributed by atoms with van der Waals surface area (Å²) in [6.07, 6.45) is 6.40. The highest BCUT2D eigenvalue weighted by molar-refractivity contribution is 5.96. The molecule has 0 amide bonds. The smallest absolute Gasteiger partial charge is 0.170 e. The number of rotatable bonds is 3. The van der Waals surface area contributed by atoms with Crippen LogP contribution in [0.5, 0.6) is 11.5 Å². The topological polar surface area (TPSA) is 57.4 Å². The Balaban J connectivity index is 2.11. The molecule has 1 aromatic carbocycles. The highest BCUT2D eigenvalue weighted by atomic mass is 16.5. The van der Waals surface area contributed by atoms with Crippen LogP contribution in [-0.2, 0) is 0 Å². The van der Waals surface area contributed by atoms with E-state index in [1.165, 1.54) is 32.1 Å². The van der Waals surface area contributed by atoms with Gasteiger partial charge in [-0.05, 0) is 25.0 Å². The van der Waals surface area contributed by atoms with E-state index >= 15 is 0 Å². The Morgan fingerprint density at radius 2 is 1.86 bits per heavy atom. The first-order valence-corrected chi connectivity index (χ1v) is 7.55. The van der Waals surface area contributed by atoms with Crippen molar-refractivity contribution in [2.24, 2.45) is 0 Å². The van der Waals surface area contributed by atoms with Gasteiger partial charge in [-0.25, -0.2) is 0 Å². The van der Waals surface area contributed by atoms with E-state index in [4.69, 9.17) is 20.2 Å². The number of hydrogen-bond donors (Lipinski definition) is 1. The zero-order chi connectivity index (χ0) is 14.8. The van der Waals surface area contributed by atoms with E-state index in [0.717, 1.165) is 16.6 Å². The molecule has 2 N–H and O–H groups in total. The largest absolute Gasteiger partial charge is 0.493 e. The second-order valence-corrected chi connectivity index (χ2v) is 5.67. The molecule has 2 aromatic rings. The Morgan fingerprint density at radius 1 is 1.10 bits per heavy atom. The van der Waals surface area contributed by atoms with Crippen molar-refractivity contribution in [1.29, 1.82) is 0 Å². The monoisotopic (exact) mass is 286 g/mol. The molecule has 0 radical (unpaired) electrons. The zero-order valence-electron chi connectivity index (χ0n) is 12.7. The lowest BCUT2D eigenvalue weighted by atomic mass is 9.86. The van der Waals surface area contributed by atoms with Gasteiger partial charge in [-0.15, -0.1) is 0 Å². The molecule has 1 aromatic heterocycles. The summed E-state index contributed by atoms with van der Waals surface area (Å²) in [6.45, 7) is 0. The summed E-state index contributed by atoms with van der Waals surface area (Å²) in [6, 6.07) is 5.96. The predicted molar refractivity (Wildman–Crippen MR) is 85.1 cm³/mol. The first kappa shape index (κ1) is 14.0. The quantitative estimate of drug-likeness (QED) is 0.870. The molecular weight excluding hydrogens is 264 g/mol. The molecule has 4 heteroatoms. The van der Waals surface area contributed by atoms with Gasteiger partial charge in [-0.2, -0.15) is 0 Å². The van der Waals surface area contributed by atoms with Crippen LogP contribution < -0.4 is 15.2 Å². The molecule has 1 heterocycles. The van der Waals surface area contributed by atoms with E-state index in [0.29, 0.717) is 23.1 Å². The minimum Gasteiger partial charge on any atom is -0.493 e. The van der Waals surface area contributed by atoms with Gasteiger partial charge in [0, 0.05) is 23.1 Å². The summed E-state index contributed by atoms with van der Waals surface area (Å²) in [5, 5.41) is 0.911. The number of benzene rings is 1. The van der Waals surface area contributed by atoms with Crippen LogP contribution in [0.1, 0.15) is 43.7 Å². The lowest BCUT2D eigenvalue weighted by Crippen LogP contribution is -2.07. The van der Waals surface area contributed by atoms with Crippen molar-refractivity contribution in [2.75, 3.05) is 20.0 Å². The van der Waals surface area contributed by atoms with E-state index < -0.39 is 0 Å². The van der Waals surface area contributed by atoms with Crippen LogP contribution in [0, 0.1) is 0 Å². The molecule has 112 valence electrons. The van der Waals surface area contributed by atoms with Gasteiger partial charge in [0.25, 0.3) is 0 Å². The number of nitrogen functional groups attached to an aromatic ring is 1. The molecule has 0 atom stereocenters. The maximum Gasteiger partial charge on any atom is 0.170 e. The first-order valence-electron chi connectivity index (χ1n) is 7.55. The molecule has 0 spiro atoms. The number of methoxy groups -OCH3 is 2. The molecule has 1 aliphatic carbocycles. The maximum atomic E-state index is 6.16. The lowest BCUT2D eigenvalue weighted by Gasteiger charge is -2.22. The third-order valence-electron chi connectivity index (χ3n) is 4.39. The Morgan fingerprint density at radius 3 is 2.52 bits per heavy atom. The van der Waals surface area contributed by atoms with Gasteiger partial charge in [-0.1, -0.05) is 19.3 Å². The Kier molecular flexibility index (Phi) is 3.86. The van der Waals surface area contributed by atoms with Crippen LogP contribution in [0.2, 0.25) is 0 Å². The van der Waals surface area contributed by atoms with E-state index in [-0.39, 0.29) is 0 Å². The molecule has 4 nitrogen and oxygen atoms in total. The summed E-state index contributed by atoms with van der Waals surface area (Å²) >= 11 is 0. The Bertz CT molecular complexity index is 649. The number of nitrogens with two attached hydrogens (primary N) is 1. The van der Waals surface area contributed by atoms with Gasteiger partial charge in [-0.3, -0.25) is 4.98 Å². The van der Waals surface area contributed by atoms with Gasteiger partial charge in [0.2, 0.25) is 0 Å². The van der Waals surface area contributed by atoms with Gasteiger partial charge >= 0.3 is 0 Å². The maximum absolute atomic E-state index is 6.16. The molecule has 0 bridgehead atoms. The van der Waals surface area contributed by atoms with Crippen LogP contribution in [0.4, 0.5) is 5.69 Å². The number of fused-ring (bicyclic) bond motifs is 1. The third-order valence-corrected chi connectivity index (χ3v) is 4.39. The first-order chi connectivity index (χ1) is 10.2. The average Bonchev–Trinajstić information content (AvgIpc) is 2.55. The van der Waals surface area contributed by atoms with Crippen molar-refractivity contribution in [3.63, 3.8) is 0 Å². The number of pyridine rings is 1. The van der Waals surface area contributed by atoms with Crippen molar-refractivity contribution in [1.82, 2.24) is 4.98 Å². The Hall–Kier alpha value is -1.97. The molecule has 0 unspecified atom stereocenters. The molecule has 1 fully saturated rings. The van der Waals surface area contributed by atoms with E-state index in [2.05, 4.69) is 12.1 Å². The van der Waals surface area contributed by atoms with Crippen molar-refractivity contribution >= 4 is 16.6 Å². The number of nitrogens with zero attached hydrogens (tertiary/aromatic N) is 1. The van der Waals surface area contributed by atoms with Crippen molar-refractivity contribution in [2.45, 2.75) is 38.0 Å². The fraction of sp³-hybridized carbons (Fsp3) is 0.471. The summed E-state index contributed by atoms with van der Waals surface area (Å²) in [7, 11) is 3.26.